The molecule has 1 fully saturated rings. The van der Waals surface area contributed by atoms with Crippen molar-refractivity contribution < 1.29 is 14.7 Å². The van der Waals surface area contributed by atoms with Gasteiger partial charge >= 0.3 is 5.97 Å². The van der Waals surface area contributed by atoms with Gasteiger partial charge < -0.3 is 15.7 Å². The fourth-order valence-electron chi connectivity index (χ4n) is 2.69. The van der Waals surface area contributed by atoms with E-state index < -0.39 is 11.9 Å². The zero-order valence-corrected chi connectivity index (χ0v) is 12.0. The van der Waals surface area contributed by atoms with Crippen LogP contribution in [-0.4, -0.2) is 36.6 Å². The van der Waals surface area contributed by atoms with Crippen molar-refractivity contribution in [1.82, 2.24) is 10.6 Å². The molecule has 1 rings (SSSR count). The molecule has 1 heterocycles. The van der Waals surface area contributed by atoms with E-state index in [1.165, 1.54) is 0 Å². The number of rotatable bonds is 7. The van der Waals surface area contributed by atoms with E-state index in [9.17, 15) is 9.59 Å². The first-order chi connectivity index (χ1) is 9.02. The minimum absolute atomic E-state index is 0.105. The van der Waals surface area contributed by atoms with Crippen molar-refractivity contribution in [1.29, 1.82) is 0 Å². The summed E-state index contributed by atoms with van der Waals surface area (Å²) in [6.45, 7) is 5.99. The van der Waals surface area contributed by atoms with Crippen molar-refractivity contribution in [2.45, 2.75) is 46.0 Å². The Morgan fingerprint density at radius 3 is 2.53 bits per heavy atom. The van der Waals surface area contributed by atoms with E-state index in [2.05, 4.69) is 17.6 Å². The van der Waals surface area contributed by atoms with Crippen LogP contribution in [0, 0.1) is 11.3 Å². The second kappa shape index (κ2) is 7.48. The molecular formula is C14H26N2O3. The molecule has 1 amide bonds. The van der Waals surface area contributed by atoms with Crippen LogP contribution in [-0.2, 0) is 9.59 Å². The minimum atomic E-state index is -0.806. The highest BCUT2D eigenvalue weighted by molar-refractivity contribution is 5.82. The molecule has 3 N–H and O–H groups in total. The minimum Gasteiger partial charge on any atom is -0.481 e. The molecule has 1 aliphatic rings. The Hall–Kier alpha value is -1.10. The van der Waals surface area contributed by atoms with E-state index >= 15 is 0 Å². The van der Waals surface area contributed by atoms with Crippen LogP contribution in [0.3, 0.4) is 0 Å². The zero-order valence-electron chi connectivity index (χ0n) is 12.0. The number of hydrogen-bond acceptors (Lipinski definition) is 3. The summed E-state index contributed by atoms with van der Waals surface area (Å²) in [5, 5.41) is 15.0. The van der Waals surface area contributed by atoms with Crippen molar-refractivity contribution in [2.75, 3.05) is 19.6 Å². The lowest BCUT2D eigenvalue weighted by atomic mass is 9.74. The number of carbonyl (C=O) groups excluding carboxylic acids is 1. The van der Waals surface area contributed by atoms with E-state index in [1.54, 1.807) is 6.92 Å². The van der Waals surface area contributed by atoms with Gasteiger partial charge in [-0.2, -0.15) is 0 Å². The number of amides is 1. The van der Waals surface area contributed by atoms with Gasteiger partial charge in [-0.15, -0.1) is 0 Å². The quantitative estimate of drug-likeness (QED) is 0.653. The summed E-state index contributed by atoms with van der Waals surface area (Å²) in [7, 11) is 0. The largest absolute Gasteiger partial charge is 0.481 e. The smallest absolute Gasteiger partial charge is 0.306 e. The lowest BCUT2D eigenvalue weighted by Crippen LogP contribution is -2.48. The molecular weight excluding hydrogens is 244 g/mol. The number of aliphatic carboxylic acids is 1. The molecule has 1 aliphatic heterocycles. The molecule has 5 nitrogen and oxygen atoms in total. The maximum atomic E-state index is 12.4. The third kappa shape index (κ3) is 4.49. The first-order valence-corrected chi connectivity index (χ1v) is 7.23. The highest BCUT2D eigenvalue weighted by atomic mass is 16.4. The van der Waals surface area contributed by atoms with E-state index in [4.69, 9.17) is 5.11 Å². The molecule has 0 aromatic carbocycles. The molecule has 110 valence electrons. The van der Waals surface area contributed by atoms with Gasteiger partial charge in [-0.05, 0) is 38.8 Å². The highest BCUT2D eigenvalue weighted by Gasteiger charge is 2.38. The summed E-state index contributed by atoms with van der Waals surface area (Å²) in [6.07, 6.45) is 4.15. The maximum Gasteiger partial charge on any atom is 0.306 e. The van der Waals surface area contributed by atoms with E-state index in [1.807, 2.05) is 0 Å². The average molecular weight is 270 g/mol. The van der Waals surface area contributed by atoms with E-state index in [0.29, 0.717) is 13.0 Å². The van der Waals surface area contributed by atoms with Gasteiger partial charge in [0.2, 0.25) is 5.91 Å². The van der Waals surface area contributed by atoms with Crippen LogP contribution in [0.25, 0.3) is 0 Å². The maximum absolute atomic E-state index is 12.4. The Morgan fingerprint density at radius 1 is 1.37 bits per heavy atom. The summed E-state index contributed by atoms with van der Waals surface area (Å²) < 4.78 is 0. The van der Waals surface area contributed by atoms with Crippen LogP contribution in [0.15, 0.2) is 0 Å². The van der Waals surface area contributed by atoms with Gasteiger partial charge in [-0.1, -0.05) is 20.3 Å². The molecule has 5 heteroatoms. The first-order valence-electron chi connectivity index (χ1n) is 7.23. The molecule has 1 unspecified atom stereocenters. The van der Waals surface area contributed by atoms with E-state index in [0.717, 1.165) is 38.8 Å². The van der Waals surface area contributed by atoms with Crippen molar-refractivity contribution in [3.8, 4) is 0 Å². The van der Waals surface area contributed by atoms with Crippen LogP contribution in [0.4, 0.5) is 0 Å². The van der Waals surface area contributed by atoms with Gasteiger partial charge in [0.25, 0.3) is 0 Å². The van der Waals surface area contributed by atoms with Crippen LogP contribution < -0.4 is 10.6 Å². The SMILES string of the molecule is CCCC1(C(=O)NCCC(C)C(=O)O)CCNCC1. The molecule has 1 saturated heterocycles. The van der Waals surface area contributed by atoms with Gasteiger partial charge in [0, 0.05) is 6.54 Å². The Bertz CT molecular complexity index is 306. The number of carboxylic acid groups (broad SMARTS) is 1. The summed E-state index contributed by atoms with van der Waals surface area (Å²) >= 11 is 0. The first kappa shape index (κ1) is 16.0. The standard InChI is InChI=1S/C14H26N2O3/c1-3-5-14(6-9-15-10-7-14)13(19)16-8-4-11(2)12(17)18/h11,15H,3-10H2,1-2H3,(H,16,19)(H,17,18). The molecule has 19 heavy (non-hydrogen) atoms. The molecule has 0 bridgehead atoms. The van der Waals surface area contributed by atoms with Crippen molar-refractivity contribution >= 4 is 11.9 Å². The third-order valence-corrected chi connectivity index (χ3v) is 4.06. The molecule has 0 aromatic rings. The lowest BCUT2D eigenvalue weighted by molar-refractivity contribution is -0.141. The van der Waals surface area contributed by atoms with Gasteiger partial charge in [-0.3, -0.25) is 9.59 Å². The summed E-state index contributed by atoms with van der Waals surface area (Å²) in [6, 6.07) is 0. The fraction of sp³-hybridized carbons (Fsp3) is 0.857. The summed E-state index contributed by atoms with van der Waals surface area (Å²) in [4.78, 5) is 23.1. The van der Waals surface area contributed by atoms with Crippen molar-refractivity contribution in [3.05, 3.63) is 0 Å². The van der Waals surface area contributed by atoms with Crippen LogP contribution >= 0.6 is 0 Å². The Kier molecular flexibility index (Phi) is 6.28. The monoisotopic (exact) mass is 270 g/mol. The van der Waals surface area contributed by atoms with Gasteiger partial charge in [0.15, 0.2) is 0 Å². The lowest BCUT2D eigenvalue weighted by Gasteiger charge is -2.36. The molecule has 0 radical (unpaired) electrons. The van der Waals surface area contributed by atoms with Gasteiger partial charge in [0.05, 0.1) is 11.3 Å². The highest BCUT2D eigenvalue weighted by Crippen LogP contribution is 2.34. The second-order valence-electron chi connectivity index (χ2n) is 5.56. The van der Waals surface area contributed by atoms with E-state index in [-0.39, 0.29) is 11.3 Å². The molecule has 0 aromatic heterocycles. The Labute approximate surface area is 115 Å². The van der Waals surface area contributed by atoms with Crippen molar-refractivity contribution in [3.63, 3.8) is 0 Å². The fourth-order valence-corrected chi connectivity index (χ4v) is 2.69. The molecule has 0 saturated carbocycles. The second-order valence-corrected chi connectivity index (χ2v) is 5.56. The Morgan fingerprint density at radius 2 is 2.00 bits per heavy atom. The predicted octanol–water partition coefficient (Wildman–Crippen LogP) is 1.38. The number of carbonyl (C=O) groups is 2. The summed E-state index contributed by atoms with van der Waals surface area (Å²) in [5.41, 5.74) is -0.244. The molecule has 1 atom stereocenters. The number of nitrogens with one attached hydrogen (secondary N) is 2. The number of carboxylic acids is 1. The van der Waals surface area contributed by atoms with Crippen LogP contribution in [0.5, 0.6) is 0 Å². The average Bonchev–Trinajstić information content (AvgIpc) is 2.39. The third-order valence-electron chi connectivity index (χ3n) is 4.06. The molecule has 0 spiro atoms. The van der Waals surface area contributed by atoms with Gasteiger partial charge in [0.1, 0.15) is 0 Å². The van der Waals surface area contributed by atoms with Gasteiger partial charge in [-0.25, -0.2) is 0 Å². The number of hydrogen-bond donors (Lipinski definition) is 3. The van der Waals surface area contributed by atoms with Crippen LogP contribution in [0.2, 0.25) is 0 Å². The number of piperidine rings is 1. The Balaban J connectivity index is 2.46. The molecule has 0 aliphatic carbocycles. The van der Waals surface area contributed by atoms with Crippen LogP contribution in [0.1, 0.15) is 46.0 Å². The summed E-state index contributed by atoms with van der Waals surface area (Å²) in [5.74, 6) is -1.11. The predicted molar refractivity (Wildman–Crippen MR) is 73.9 cm³/mol. The topological polar surface area (TPSA) is 78.4 Å². The normalized spacial score (nSPS) is 19.7. The zero-order chi connectivity index (χ0) is 14.3. The van der Waals surface area contributed by atoms with Crippen molar-refractivity contribution in [2.24, 2.45) is 11.3 Å².